The van der Waals surface area contributed by atoms with E-state index in [4.69, 9.17) is 4.74 Å². The Kier molecular flexibility index (Phi) is 7.55. The summed E-state index contributed by atoms with van der Waals surface area (Å²) in [6, 6.07) is 9.65. The quantitative estimate of drug-likeness (QED) is 0.481. The number of carbonyl (C=O) groups is 1. The van der Waals surface area contributed by atoms with Gasteiger partial charge in [0.1, 0.15) is 11.6 Å². The lowest BCUT2D eigenvalue weighted by atomic mass is 9.90. The third kappa shape index (κ3) is 6.15. The van der Waals surface area contributed by atoms with Crippen molar-refractivity contribution in [1.82, 2.24) is 0 Å². The fourth-order valence-electron chi connectivity index (χ4n) is 2.61. The molecule has 0 spiro atoms. The molecule has 0 heterocycles. The number of carbonyl (C=O) groups excluding carboxylic acids is 1. The van der Waals surface area contributed by atoms with Gasteiger partial charge in [0.25, 0.3) is 0 Å². The Morgan fingerprint density at radius 2 is 1.66 bits per heavy atom. The Morgan fingerprint density at radius 3 is 2.17 bits per heavy atom. The largest absolute Gasteiger partial charge is 0.466 e. The molecule has 0 aliphatic rings. The van der Waals surface area contributed by atoms with E-state index in [-0.39, 0.29) is 13.0 Å². The smallest absolute Gasteiger partial charge is 0.461 e. The van der Waals surface area contributed by atoms with Crippen LogP contribution in [0.1, 0.15) is 24.2 Å². The minimum atomic E-state index is -4.63. The summed E-state index contributed by atoms with van der Waals surface area (Å²) in [4.78, 5) is 12.3. The summed E-state index contributed by atoms with van der Waals surface area (Å²) in [6.45, 7) is 1.66. The first-order valence-electron chi connectivity index (χ1n) is 8.68. The molecule has 0 saturated carbocycles. The molecule has 158 valence electrons. The molecule has 9 heteroatoms. The Labute approximate surface area is 163 Å². The molecular formula is C20H19F5O4. The normalized spacial score (nSPS) is 13.8. The summed E-state index contributed by atoms with van der Waals surface area (Å²) in [5.74, 6) is -2.75. The van der Waals surface area contributed by atoms with Gasteiger partial charge in [-0.2, -0.15) is 17.6 Å². The molecule has 1 N–H and O–H groups in total. The van der Waals surface area contributed by atoms with Crippen LogP contribution in [0.4, 0.5) is 22.0 Å². The minimum Gasteiger partial charge on any atom is -0.466 e. The van der Waals surface area contributed by atoms with Crippen LogP contribution in [0, 0.1) is 11.7 Å². The lowest BCUT2D eigenvalue weighted by Crippen LogP contribution is -2.33. The van der Waals surface area contributed by atoms with Gasteiger partial charge >= 0.3 is 18.5 Å². The number of hydrogen-bond donors (Lipinski definition) is 1. The van der Waals surface area contributed by atoms with Crippen molar-refractivity contribution < 1.29 is 41.3 Å². The van der Waals surface area contributed by atoms with Gasteiger partial charge < -0.3 is 14.6 Å². The highest BCUT2D eigenvalue weighted by atomic mass is 19.3. The van der Waals surface area contributed by atoms with E-state index in [9.17, 15) is 31.9 Å². The van der Waals surface area contributed by atoms with Crippen molar-refractivity contribution in [3.05, 3.63) is 65.5 Å². The van der Waals surface area contributed by atoms with Crippen LogP contribution in [-0.2, 0) is 16.0 Å². The van der Waals surface area contributed by atoms with Crippen LogP contribution in [0.3, 0.4) is 0 Å². The Balaban J connectivity index is 2.18. The maximum absolute atomic E-state index is 13.1. The number of rotatable bonds is 9. The molecule has 0 aromatic heterocycles. The average Bonchev–Trinajstić information content (AvgIpc) is 2.67. The summed E-state index contributed by atoms with van der Waals surface area (Å²) in [5, 5.41) is 10.6. The highest BCUT2D eigenvalue weighted by Gasteiger charge is 2.44. The summed E-state index contributed by atoms with van der Waals surface area (Å²) in [7, 11) is 0. The highest BCUT2D eigenvalue weighted by molar-refractivity contribution is 5.74. The minimum absolute atomic E-state index is 0.0388. The summed E-state index contributed by atoms with van der Waals surface area (Å²) in [6.07, 6.45) is -9.97. The van der Waals surface area contributed by atoms with E-state index < -0.39 is 42.1 Å². The molecule has 2 aromatic rings. The standard InChI is InChI=1S/C20H19F5O4/c1-2-28-18(27)16(17(26)13-5-7-14(21)8-6-13)11-12-3-9-15(10-4-12)29-20(24,25)19(22)23/h3-10,16-17,19,26H,2,11H2,1H3. The number of hydrogen-bond acceptors (Lipinski definition) is 4. The highest BCUT2D eigenvalue weighted by Crippen LogP contribution is 2.30. The van der Waals surface area contributed by atoms with Crippen molar-refractivity contribution in [2.75, 3.05) is 6.61 Å². The molecule has 0 saturated heterocycles. The first kappa shape index (κ1) is 22.6. The lowest BCUT2D eigenvalue weighted by Gasteiger charge is -2.22. The van der Waals surface area contributed by atoms with Crippen molar-refractivity contribution in [3.8, 4) is 5.75 Å². The van der Waals surface area contributed by atoms with Gasteiger partial charge in [0, 0.05) is 0 Å². The first-order valence-corrected chi connectivity index (χ1v) is 8.68. The Morgan fingerprint density at radius 1 is 1.07 bits per heavy atom. The van der Waals surface area contributed by atoms with Gasteiger partial charge in [-0.1, -0.05) is 24.3 Å². The maximum atomic E-state index is 13.1. The summed E-state index contributed by atoms with van der Waals surface area (Å²) in [5.41, 5.74) is 0.734. The Hall–Kier alpha value is -2.68. The zero-order valence-electron chi connectivity index (χ0n) is 15.3. The van der Waals surface area contributed by atoms with Gasteiger partial charge in [0.15, 0.2) is 0 Å². The van der Waals surface area contributed by atoms with Gasteiger partial charge in [-0.25, -0.2) is 4.39 Å². The van der Waals surface area contributed by atoms with E-state index in [2.05, 4.69) is 4.74 Å². The molecule has 0 aliphatic carbocycles. The molecular weight excluding hydrogens is 399 g/mol. The first-order chi connectivity index (χ1) is 13.6. The Bertz CT molecular complexity index is 794. The summed E-state index contributed by atoms with van der Waals surface area (Å²) >= 11 is 0. The van der Waals surface area contributed by atoms with E-state index in [1.165, 1.54) is 24.3 Å². The van der Waals surface area contributed by atoms with Gasteiger partial charge in [-0.15, -0.1) is 0 Å². The second kappa shape index (κ2) is 9.69. The monoisotopic (exact) mass is 418 g/mol. The van der Waals surface area contributed by atoms with Crippen molar-refractivity contribution in [2.45, 2.75) is 32.0 Å². The number of halogens is 5. The molecule has 0 amide bonds. The zero-order valence-corrected chi connectivity index (χ0v) is 15.3. The molecule has 0 fully saturated rings. The third-order valence-electron chi connectivity index (χ3n) is 4.07. The van der Waals surface area contributed by atoms with Crippen molar-refractivity contribution in [1.29, 1.82) is 0 Å². The fraction of sp³-hybridized carbons (Fsp3) is 0.350. The van der Waals surface area contributed by atoms with Crippen LogP contribution < -0.4 is 4.74 Å². The van der Waals surface area contributed by atoms with Crippen LogP contribution in [-0.4, -0.2) is 30.2 Å². The molecule has 2 rings (SSSR count). The van der Waals surface area contributed by atoms with Gasteiger partial charge in [0.05, 0.1) is 18.6 Å². The average molecular weight is 418 g/mol. The molecule has 2 aromatic carbocycles. The predicted octanol–water partition coefficient (Wildman–Crippen LogP) is 4.52. The van der Waals surface area contributed by atoms with Gasteiger partial charge in [0.2, 0.25) is 0 Å². The van der Waals surface area contributed by atoms with Crippen molar-refractivity contribution in [2.24, 2.45) is 5.92 Å². The predicted molar refractivity (Wildman–Crippen MR) is 93.2 cm³/mol. The van der Waals surface area contributed by atoms with Crippen LogP contribution >= 0.6 is 0 Å². The number of alkyl halides is 4. The molecule has 29 heavy (non-hydrogen) atoms. The van der Waals surface area contributed by atoms with E-state index in [0.29, 0.717) is 11.1 Å². The number of aliphatic hydroxyl groups is 1. The second-order valence-electron chi connectivity index (χ2n) is 6.17. The van der Waals surface area contributed by atoms with Crippen LogP contribution in [0.2, 0.25) is 0 Å². The topological polar surface area (TPSA) is 55.8 Å². The molecule has 0 radical (unpaired) electrons. The number of aliphatic hydroxyl groups excluding tert-OH is 1. The fourth-order valence-corrected chi connectivity index (χ4v) is 2.61. The number of benzene rings is 2. The van der Waals surface area contributed by atoms with E-state index in [1.807, 2.05) is 0 Å². The number of esters is 1. The zero-order chi connectivity index (χ0) is 21.6. The molecule has 0 aliphatic heterocycles. The lowest BCUT2D eigenvalue weighted by molar-refractivity contribution is -0.253. The van der Waals surface area contributed by atoms with E-state index in [0.717, 1.165) is 24.3 Å². The van der Waals surface area contributed by atoms with Crippen LogP contribution in [0.25, 0.3) is 0 Å². The van der Waals surface area contributed by atoms with Crippen molar-refractivity contribution >= 4 is 5.97 Å². The third-order valence-corrected chi connectivity index (χ3v) is 4.07. The number of ether oxygens (including phenoxy) is 2. The molecule has 2 unspecified atom stereocenters. The maximum Gasteiger partial charge on any atom is 0.461 e. The van der Waals surface area contributed by atoms with Crippen LogP contribution in [0.5, 0.6) is 5.75 Å². The van der Waals surface area contributed by atoms with E-state index in [1.54, 1.807) is 6.92 Å². The van der Waals surface area contributed by atoms with Gasteiger partial charge in [-0.05, 0) is 48.7 Å². The summed E-state index contributed by atoms with van der Waals surface area (Å²) < 4.78 is 72.4. The molecule has 2 atom stereocenters. The van der Waals surface area contributed by atoms with Crippen LogP contribution in [0.15, 0.2) is 48.5 Å². The molecule has 4 nitrogen and oxygen atoms in total. The van der Waals surface area contributed by atoms with Gasteiger partial charge in [-0.3, -0.25) is 4.79 Å². The molecule has 0 bridgehead atoms. The SMILES string of the molecule is CCOC(=O)C(Cc1ccc(OC(F)(F)C(F)F)cc1)C(O)c1ccc(F)cc1. The van der Waals surface area contributed by atoms with E-state index >= 15 is 0 Å². The van der Waals surface area contributed by atoms with Crippen molar-refractivity contribution in [3.63, 3.8) is 0 Å². The second-order valence-corrected chi connectivity index (χ2v) is 6.17.